The number of likely N-dealkylation sites (tertiary alicyclic amines) is 1. The zero-order chi connectivity index (χ0) is 19.3. The van der Waals surface area contributed by atoms with Crippen LogP contribution in [0.4, 0.5) is 0 Å². The Kier molecular flexibility index (Phi) is 5.55. The van der Waals surface area contributed by atoms with E-state index in [9.17, 15) is 4.79 Å². The largest absolute Gasteiger partial charge is 0.494 e. The molecule has 1 atom stereocenters. The summed E-state index contributed by atoms with van der Waals surface area (Å²) in [6.07, 6.45) is 5.27. The summed E-state index contributed by atoms with van der Waals surface area (Å²) in [5, 5.41) is 8.64. The van der Waals surface area contributed by atoms with Crippen molar-refractivity contribution in [3.05, 3.63) is 60.0 Å². The molecule has 0 radical (unpaired) electrons. The summed E-state index contributed by atoms with van der Waals surface area (Å²) < 4.78 is 7.80. The fourth-order valence-electron chi connectivity index (χ4n) is 3.83. The molecule has 146 valence electrons. The Balaban J connectivity index is 1.30. The lowest BCUT2D eigenvalue weighted by molar-refractivity contribution is -0.132. The molecule has 1 aromatic carbocycles. The molecule has 0 aliphatic carbocycles. The van der Waals surface area contributed by atoms with E-state index in [1.54, 1.807) is 0 Å². The van der Waals surface area contributed by atoms with Gasteiger partial charge in [0.2, 0.25) is 5.91 Å². The first kappa shape index (κ1) is 18.5. The number of amides is 1. The summed E-state index contributed by atoms with van der Waals surface area (Å²) in [6.45, 7) is 4.14. The molecule has 6 nitrogen and oxygen atoms in total. The average Bonchev–Trinajstić information content (AvgIpc) is 3.15. The number of nitrogens with zero attached hydrogens (tertiary/aromatic N) is 4. The third-order valence-corrected chi connectivity index (χ3v) is 5.27. The maximum atomic E-state index is 12.7. The first-order chi connectivity index (χ1) is 13.7. The number of hydrogen-bond donors (Lipinski definition) is 0. The number of aromatic nitrogens is 3. The highest BCUT2D eigenvalue weighted by Crippen LogP contribution is 2.26. The fourth-order valence-corrected chi connectivity index (χ4v) is 3.83. The van der Waals surface area contributed by atoms with Gasteiger partial charge < -0.3 is 9.64 Å². The van der Waals surface area contributed by atoms with E-state index in [0.29, 0.717) is 19.6 Å². The van der Waals surface area contributed by atoms with E-state index in [1.807, 2.05) is 64.9 Å². The molecule has 1 fully saturated rings. The van der Waals surface area contributed by atoms with Gasteiger partial charge in [0.1, 0.15) is 11.6 Å². The van der Waals surface area contributed by atoms with Crippen LogP contribution in [-0.4, -0.2) is 45.1 Å². The smallest absolute Gasteiger partial charge is 0.222 e. The van der Waals surface area contributed by atoms with E-state index in [1.165, 1.54) is 5.56 Å². The number of fused-ring (bicyclic) bond motifs is 1. The Morgan fingerprint density at radius 1 is 1.21 bits per heavy atom. The number of carbonyl (C=O) groups excluding carboxylic acids is 1. The molecule has 1 unspecified atom stereocenters. The Hall–Kier alpha value is -2.89. The van der Waals surface area contributed by atoms with Crippen molar-refractivity contribution >= 4 is 11.6 Å². The summed E-state index contributed by atoms with van der Waals surface area (Å²) in [7, 11) is 0. The van der Waals surface area contributed by atoms with Gasteiger partial charge >= 0.3 is 0 Å². The van der Waals surface area contributed by atoms with E-state index >= 15 is 0 Å². The van der Waals surface area contributed by atoms with Gasteiger partial charge in [0.15, 0.2) is 5.65 Å². The van der Waals surface area contributed by atoms with Crippen molar-refractivity contribution in [2.75, 3.05) is 19.7 Å². The molecule has 1 aliphatic rings. The number of carbonyl (C=O) groups is 1. The van der Waals surface area contributed by atoms with Gasteiger partial charge in [0.25, 0.3) is 0 Å². The lowest BCUT2D eigenvalue weighted by Crippen LogP contribution is -2.39. The molecule has 3 heterocycles. The number of rotatable bonds is 6. The molecule has 4 rings (SSSR count). The van der Waals surface area contributed by atoms with Gasteiger partial charge in [-0.25, -0.2) is 0 Å². The van der Waals surface area contributed by atoms with Crippen molar-refractivity contribution in [2.45, 2.75) is 38.5 Å². The van der Waals surface area contributed by atoms with Crippen LogP contribution in [0.5, 0.6) is 5.75 Å². The average molecular weight is 378 g/mol. The van der Waals surface area contributed by atoms with Crippen molar-refractivity contribution in [3.8, 4) is 5.75 Å². The zero-order valence-electron chi connectivity index (χ0n) is 16.3. The van der Waals surface area contributed by atoms with E-state index in [0.717, 1.165) is 43.0 Å². The van der Waals surface area contributed by atoms with E-state index in [-0.39, 0.29) is 11.8 Å². The quantitative estimate of drug-likeness (QED) is 0.615. The maximum absolute atomic E-state index is 12.7. The summed E-state index contributed by atoms with van der Waals surface area (Å²) >= 11 is 0. The van der Waals surface area contributed by atoms with Crippen molar-refractivity contribution in [1.29, 1.82) is 0 Å². The molecule has 1 aliphatic heterocycles. The van der Waals surface area contributed by atoms with Gasteiger partial charge in [0.05, 0.1) is 6.61 Å². The molecule has 0 spiro atoms. The molecule has 1 amide bonds. The predicted molar refractivity (Wildman–Crippen MR) is 107 cm³/mol. The van der Waals surface area contributed by atoms with Gasteiger partial charge in [-0.2, -0.15) is 0 Å². The number of ether oxygens (including phenoxy) is 1. The summed E-state index contributed by atoms with van der Waals surface area (Å²) in [6, 6.07) is 13.9. The summed E-state index contributed by atoms with van der Waals surface area (Å²) in [5.41, 5.74) is 2.03. The molecular weight excluding hydrogens is 352 g/mol. The molecule has 0 N–H and O–H groups in total. The van der Waals surface area contributed by atoms with Gasteiger partial charge in [-0.05, 0) is 56.0 Å². The summed E-state index contributed by atoms with van der Waals surface area (Å²) in [5.74, 6) is 2.25. The minimum absolute atomic E-state index is 0.200. The van der Waals surface area contributed by atoms with Crippen LogP contribution in [-0.2, 0) is 4.79 Å². The third kappa shape index (κ3) is 4.16. The van der Waals surface area contributed by atoms with Gasteiger partial charge in [-0.15, -0.1) is 10.2 Å². The normalized spacial score (nSPS) is 17.0. The topological polar surface area (TPSA) is 59.7 Å². The molecule has 6 heteroatoms. The van der Waals surface area contributed by atoms with Crippen LogP contribution < -0.4 is 4.74 Å². The van der Waals surface area contributed by atoms with Crippen molar-refractivity contribution in [3.63, 3.8) is 0 Å². The maximum Gasteiger partial charge on any atom is 0.222 e. The number of aryl methyl sites for hydroxylation is 1. The minimum atomic E-state index is 0.200. The molecule has 1 saturated heterocycles. The highest BCUT2D eigenvalue weighted by atomic mass is 16.5. The van der Waals surface area contributed by atoms with Crippen LogP contribution in [0.25, 0.3) is 5.65 Å². The molecule has 0 saturated carbocycles. The van der Waals surface area contributed by atoms with Crippen LogP contribution in [0.2, 0.25) is 0 Å². The second kappa shape index (κ2) is 8.42. The lowest BCUT2D eigenvalue weighted by atomic mass is 9.97. The van der Waals surface area contributed by atoms with Crippen molar-refractivity contribution in [1.82, 2.24) is 19.5 Å². The zero-order valence-corrected chi connectivity index (χ0v) is 16.3. The summed E-state index contributed by atoms with van der Waals surface area (Å²) in [4.78, 5) is 14.6. The van der Waals surface area contributed by atoms with Crippen LogP contribution in [0, 0.1) is 6.92 Å². The van der Waals surface area contributed by atoms with Crippen molar-refractivity contribution in [2.24, 2.45) is 0 Å². The van der Waals surface area contributed by atoms with Gasteiger partial charge in [-0.3, -0.25) is 9.20 Å². The van der Waals surface area contributed by atoms with E-state index in [4.69, 9.17) is 4.74 Å². The SMILES string of the molecule is Cc1cccc(OCCCC(=O)N2CCCC(c3nnc4ccccn34)C2)c1. The standard InChI is InChI=1S/C22H26N4O2/c1-17-7-4-9-19(15-17)28-14-6-11-21(27)25-12-5-8-18(16-25)22-24-23-20-10-2-3-13-26(20)22/h2-4,7,9-10,13,15,18H,5-6,8,11-12,14,16H2,1H3. The van der Waals surface area contributed by atoms with Crippen LogP contribution in [0.3, 0.4) is 0 Å². The molecule has 28 heavy (non-hydrogen) atoms. The minimum Gasteiger partial charge on any atom is -0.494 e. The number of pyridine rings is 1. The molecule has 3 aromatic rings. The highest BCUT2D eigenvalue weighted by Gasteiger charge is 2.27. The van der Waals surface area contributed by atoms with Crippen LogP contribution in [0.1, 0.15) is 43.0 Å². The van der Waals surface area contributed by atoms with Crippen LogP contribution >= 0.6 is 0 Å². The first-order valence-corrected chi connectivity index (χ1v) is 9.97. The van der Waals surface area contributed by atoms with Gasteiger partial charge in [-0.1, -0.05) is 18.2 Å². The number of benzene rings is 1. The highest BCUT2D eigenvalue weighted by molar-refractivity contribution is 5.76. The molecule has 0 bridgehead atoms. The Labute approximate surface area is 165 Å². The second-order valence-corrected chi connectivity index (χ2v) is 7.43. The lowest BCUT2D eigenvalue weighted by Gasteiger charge is -2.32. The van der Waals surface area contributed by atoms with E-state index < -0.39 is 0 Å². The monoisotopic (exact) mass is 378 g/mol. The second-order valence-electron chi connectivity index (χ2n) is 7.43. The van der Waals surface area contributed by atoms with Crippen molar-refractivity contribution < 1.29 is 9.53 Å². The molecular formula is C22H26N4O2. The van der Waals surface area contributed by atoms with E-state index in [2.05, 4.69) is 10.2 Å². The van der Waals surface area contributed by atoms with Gasteiger partial charge in [0, 0.05) is 31.6 Å². The Bertz CT molecular complexity index is 952. The van der Waals surface area contributed by atoms with Crippen LogP contribution in [0.15, 0.2) is 48.7 Å². The number of piperidine rings is 1. The fraction of sp³-hybridized carbons (Fsp3) is 0.409. The third-order valence-electron chi connectivity index (χ3n) is 5.27. The Morgan fingerprint density at radius 2 is 2.14 bits per heavy atom. The first-order valence-electron chi connectivity index (χ1n) is 9.97. The predicted octanol–water partition coefficient (Wildman–Crippen LogP) is 3.60. The Morgan fingerprint density at radius 3 is 3.04 bits per heavy atom. The molecule has 2 aromatic heterocycles. The number of hydrogen-bond acceptors (Lipinski definition) is 4.